The lowest BCUT2D eigenvalue weighted by molar-refractivity contribution is -0.132. The third-order valence-corrected chi connectivity index (χ3v) is 4.90. The third kappa shape index (κ3) is 4.22. The molecule has 5 N–H and O–H groups in total. The molecule has 2 aliphatic rings. The van der Waals surface area contributed by atoms with Crippen LogP contribution in [0.25, 0.3) is 0 Å². The SMILES string of the molecule is NC(C(=O)NNC(=O)C1CC[C@@H]2CN1C(=O)N2OS(=O)(=O)O)c1ccccc1. The summed E-state index contributed by atoms with van der Waals surface area (Å²) in [6.45, 7) is 0.0456. The number of rotatable bonds is 5. The topological polar surface area (TPSA) is 171 Å². The number of piperidine rings is 1. The number of hydrogen-bond acceptors (Lipinski definition) is 7. The Morgan fingerprint density at radius 3 is 2.54 bits per heavy atom. The van der Waals surface area contributed by atoms with Gasteiger partial charge in [0.25, 0.3) is 11.8 Å². The van der Waals surface area contributed by atoms with E-state index >= 15 is 0 Å². The zero-order valence-electron chi connectivity index (χ0n) is 14.5. The molecule has 2 unspecified atom stereocenters. The average molecular weight is 413 g/mol. The van der Waals surface area contributed by atoms with E-state index in [1.807, 2.05) is 0 Å². The smallest absolute Gasteiger partial charge is 0.316 e. The van der Waals surface area contributed by atoms with Gasteiger partial charge in [0, 0.05) is 6.54 Å². The van der Waals surface area contributed by atoms with Crippen molar-refractivity contribution in [1.29, 1.82) is 0 Å². The van der Waals surface area contributed by atoms with Crippen molar-refractivity contribution < 1.29 is 31.6 Å². The first-order valence-electron chi connectivity index (χ1n) is 8.34. The Morgan fingerprint density at radius 1 is 1.21 bits per heavy atom. The lowest BCUT2D eigenvalue weighted by Crippen LogP contribution is -2.55. The normalized spacial score (nSPS) is 22.7. The van der Waals surface area contributed by atoms with Crippen LogP contribution in [0.2, 0.25) is 0 Å². The van der Waals surface area contributed by atoms with Crippen LogP contribution in [0.15, 0.2) is 30.3 Å². The van der Waals surface area contributed by atoms with Gasteiger partial charge in [0.05, 0.1) is 6.04 Å². The molecular formula is C15H19N5O7S. The van der Waals surface area contributed by atoms with Gasteiger partial charge >= 0.3 is 16.4 Å². The molecule has 0 spiro atoms. The number of hydrogen-bond donors (Lipinski definition) is 4. The highest BCUT2D eigenvalue weighted by Gasteiger charge is 2.49. The number of urea groups is 1. The number of hydrazine groups is 1. The minimum atomic E-state index is -4.87. The van der Waals surface area contributed by atoms with Crippen LogP contribution >= 0.6 is 0 Å². The molecule has 0 aromatic heterocycles. The van der Waals surface area contributed by atoms with E-state index < -0.39 is 46.4 Å². The number of benzene rings is 1. The molecule has 12 nitrogen and oxygen atoms in total. The summed E-state index contributed by atoms with van der Waals surface area (Å²) in [5.41, 5.74) is 10.8. The fraction of sp³-hybridized carbons (Fsp3) is 0.400. The van der Waals surface area contributed by atoms with Crippen LogP contribution in [0.4, 0.5) is 4.79 Å². The maximum atomic E-state index is 12.4. The van der Waals surface area contributed by atoms with Crippen LogP contribution in [0.5, 0.6) is 0 Å². The minimum absolute atomic E-state index is 0.0456. The number of fused-ring (bicyclic) bond motifs is 2. The standard InChI is InChI=1S/C15H19N5O7S/c16-12(9-4-2-1-3-5-9)14(22)18-17-13(21)11-7-6-10-8-19(11)15(23)20(10)27-28(24,25)26/h1-5,10-12H,6-8,16H2,(H,17,21)(H,18,22)(H,24,25,26)/t10-,11?,12?/m1/s1. The van der Waals surface area contributed by atoms with Crippen molar-refractivity contribution >= 4 is 28.2 Å². The molecule has 4 amide bonds. The van der Waals surface area contributed by atoms with Crippen LogP contribution in [0.1, 0.15) is 24.4 Å². The molecule has 0 radical (unpaired) electrons. The molecule has 1 aromatic carbocycles. The van der Waals surface area contributed by atoms with Gasteiger partial charge in [-0.05, 0) is 18.4 Å². The third-order valence-electron chi connectivity index (χ3n) is 4.55. The fourth-order valence-electron chi connectivity index (χ4n) is 3.20. The lowest BCUT2D eigenvalue weighted by Gasteiger charge is -2.29. The van der Waals surface area contributed by atoms with Crippen molar-refractivity contribution in [3.05, 3.63) is 35.9 Å². The number of carbonyl (C=O) groups excluding carboxylic acids is 3. The van der Waals surface area contributed by atoms with Gasteiger partial charge in [0.15, 0.2) is 0 Å². The highest BCUT2D eigenvalue weighted by atomic mass is 32.3. The fourth-order valence-corrected chi connectivity index (χ4v) is 3.59. The van der Waals surface area contributed by atoms with Crippen molar-refractivity contribution in [3.63, 3.8) is 0 Å². The molecule has 3 atom stereocenters. The highest BCUT2D eigenvalue weighted by Crippen LogP contribution is 2.30. The molecule has 1 aromatic rings. The maximum Gasteiger partial charge on any atom is 0.418 e. The van der Waals surface area contributed by atoms with Gasteiger partial charge in [-0.3, -0.25) is 25.0 Å². The van der Waals surface area contributed by atoms with Crippen molar-refractivity contribution in [2.75, 3.05) is 6.54 Å². The van der Waals surface area contributed by atoms with Crippen molar-refractivity contribution in [2.24, 2.45) is 5.73 Å². The van der Waals surface area contributed by atoms with Gasteiger partial charge in [-0.15, -0.1) is 4.28 Å². The summed E-state index contributed by atoms with van der Waals surface area (Å²) in [6, 6.07) is 5.13. The van der Waals surface area contributed by atoms with Crippen LogP contribution < -0.4 is 16.6 Å². The van der Waals surface area contributed by atoms with Gasteiger partial charge in [-0.2, -0.15) is 13.5 Å². The van der Waals surface area contributed by atoms with E-state index in [1.54, 1.807) is 30.3 Å². The molecule has 3 rings (SSSR count). The Bertz CT molecular complexity index is 878. The molecule has 2 saturated heterocycles. The zero-order chi connectivity index (χ0) is 20.5. The van der Waals surface area contributed by atoms with E-state index in [0.29, 0.717) is 10.6 Å². The van der Waals surface area contributed by atoms with Crippen molar-refractivity contribution in [1.82, 2.24) is 20.8 Å². The summed E-state index contributed by atoms with van der Waals surface area (Å²) in [5, 5.41) is 0.534. The second-order valence-electron chi connectivity index (χ2n) is 6.38. The summed E-state index contributed by atoms with van der Waals surface area (Å²) in [5.74, 6) is -1.30. The number of hydroxylamine groups is 2. The van der Waals surface area contributed by atoms with Gasteiger partial charge in [0.1, 0.15) is 12.1 Å². The summed E-state index contributed by atoms with van der Waals surface area (Å²) in [7, 11) is -4.87. The first-order chi connectivity index (χ1) is 13.2. The van der Waals surface area contributed by atoms with Gasteiger partial charge in [-0.1, -0.05) is 30.3 Å². The highest BCUT2D eigenvalue weighted by molar-refractivity contribution is 7.80. The number of nitrogens with two attached hydrogens (primary N) is 1. The van der Waals surface area contributed by atoms with Gasteiger partial charge < -0.3 is 10.6 Å². The minimum Gasteiger partial charge on any atom is -0.316 e. The van der Waals surface area contributed by atoms with E-state index in [0.717, 1.165) is 4.90 Å². The van der Waals surface area contributed by atoms with E-state index in [-0.39, 0.29) is 19.4 Å². The molecule has 0 aliphatic carbocycles. The lowest BCUT2D eigenvalue weighted by atomic mass is 10.0. The van der Waals surface area contributed by atoms with E-state index in [1.165, 1.54) is 0 Å². The average Bonchev–Trinajstić information content (AvgIpc) is 2.89. The van der Waals surface area contributed by atoms with Gasteiger partial charge in [0.2, 0.25) is 0 Å². The molecule has 2 aliphatic heterocycles. The molecular weight excluding hydrogens is 394 g/mol. The number of amides is 4. The first-order valence-corrected chi connectivity index (χ1v) is 9.71. The Balaban J connectivity index is 1.58. The molecule has 0 saturated carbocycles. The van der Waals surface area contributed by atoms with Crippen LogP contribution in [-0.2, 0) is 24.3 Å². The van der Waals surface area contributed by atoms with Gasteiger partial charge in [-0.25, -0.2) is 4.79 Å². The number of nitrogens with one attached hydrogen (secondary N) is 2. The van der Waals surface area contributed by atoms with Crippen molar-refractivity contribution in [2.45, 2.75) is 31.0 Å². The first kappa shape index (κ1) is 20.0. The predicted octanol–water partition coefficient (Wildman–Crippen LogP) is -1.16. The van der Waals surface area contributed by atoms with Crippen LogP contribution in [0, 0.1) is 0 Å². The Hall–Kier alpha value is -2.74. The largest absolute Gasteiger partial charge is 0.418 e. The summed E-state index contributed by atoms with van der Waals surface area (Å²) in [6.07, 6.45) is 0.488. The zero-order valence-corrected chi connectivity index (χ0v) is 15.3. The predicted molar refractivity (Wildman–Crippen MR) is 93.0 cm³/mol. The second-order valence-corrected chi connectivity index (χ2v) is 7.38. The monoisotopic (exact) mass is 413 g/mol. The number of nitrogens with zero attached hydrogens (tertiary/aromatic N) is 2. The Morgan fingerprint density at radius 2 is 1.89 bits per heavy atom. The van der Waals surface area contributed by atoms with Crippen LogP contribution in [-0.4, -0.2) is 59.4 Å². The molecule has 152 valence electrons. The molecule has 28 heavy (non-hydrogen) atoms. The summed E-state index contributed by atoms with van der Waals surface area (Å²) >= 11 is 0. The Kier molecular flexibility index (Phi) is 5.51. The summed E-state index contributed by atoms with van der Waals surface area (Å²) < 4.78 is 34.8. The molecule has 2 heterocycles. The number of carbonyl (C=O) groups is 3. The summed E-state index contributed by atoms with van der Waals surface area (Å²) in [4.78, 5) is 37.9. The molecule has 2 bridgehead atoms. The maximum absolute atomic E-state index is 12.4. The van der Waals surface area contributed by atoms with Crippen LogP contribution in [0.3, 0.4) is 0 Å². The molecule has 2 fully saturated rings. The molecule has 13 heteroatoms. The Labute approximate surface area is 160 Å². The second kappa shape index (κ2) is 7.71. The van der Waals surface area contributed by atoms with Crippen molar-refractivity contribution in [3.8, 4) is 0 Å². The quantitative estimate of drug-likeness (QED) is 0.346. The van der Waals surface area contributed by atoms with E-state index in [2.05, 4.69) is 15.1 Å². The van der Waals surface area contributed by atoms with E-state index in [4.69, 9.17) is 10.3 Å². The van der Waals surface area contributed by atoms with E-state index in [9.17, 15) is 22.8 Å².